The molecule has 0 aliphatic carbocycles. The van der Waals surface area contributed by atoms with Gasteiger partial charge in [0.05, 0.1) is 43.7 Å². The first kappa shape index (κ1) is 26.2. The topological polar surface area (TPSA) is 157 Å². The maximum Gasteiger partial charge on any atom is 0.232 e. The molecule has 0 spiro atoms. The van der Waals surface area contributed by atoms with Gasteiger partial charge in [-0.05, 0) is 51.0 Å². The number of fused-ring (bicyclic) bond motifs is 1. The Morgan fingerprint density at radius 1 is 1.36 bits per heavy atom. The molecule has 0 saturated carbocycles. The highest BCUT2D eigenvalue weighted by molar-refractivity contribution is 7.93. The molecular weight excluding hydrogens is 446 g/mol. The molecule has 1 aromatic heterocycles. The van der Waals surface area contributed by atoms with Gasteiger partial charge in [-0.1, -0.05) is 6.07 Å². The van der Waals surface area contributed by atoms with E-state index in [9.17, 15) is 13.2 Å². The van der Waals surface area contributed by atoms with Crippen molar-refractivity contribution in [2.75, 3.05) is 24.8 Å². The van der Waals surface area contributed by atoms with Gasteiger partial charge in [0.1, 0.15) is 10.6 Å². The van der Waals surface area contributed by atoms with Gasteiger partial charge in [-0.25, -0.2) is 13.4 Å². The number of benzene rings is 1. The largest absolute Gasteiger partial charge is 0.480 e. The molecule has 0 fully saturated rings. The number of nitrogens with two attached hydrogens (primary N) is 1. The Labute approximate surface area is 194 Å². The summed E-state index contributed by atoms with van der Waals surface area (Å²) < 4.78 is 34.2. The van der Waals surface area contributed by atoms with Crippen LogP contribution >= 0.6 is 0 Å². The Kier molecular flexibility index (Phi) is 8.51. The van der Waals surface area contributed by atoms with Gasteiger partial charge in [-0.2, -0.15) is 0 Å². The number of amidine groups is 1. The second-order valence-electron chi connectivity index (χ2n) is 8.18. The van der Waals surface area contributed by atoms with E-state index in [0.29, 0.717) is 24.6 Å². The Morgan fingerprint density at radius 2 is 2.06 bits per heavy atom. The third kappa shape index (κ3) is 6.26. The van der Waals surface area contributed by atoms with Crippen LogP contribution in [0.25, 0.3) is 0 Å². The first-order valence-electron chi connectivity index (χ1n) is 10.2. The van der Waals surface area contributed by atoms with E-state index in [-0.39, 0.29) is 24.1 Å². The van der Waals surface area contributed by atoms with E-state index >= 15 is 0 Å². The number of ether oxygens (including phenoxy) is 2. The van der Waals surface area contributed by atoms with Crippen LogP contribution in [0, 0.1) is 19.3 Å². The summed E-state index contributed by atoms with van der Waals surface area (Å²) in [6.07, 6.45) is 2.19. The molecule has 11 heteroatoms. The minimum atomic E-state index is -3.65. The van der Waals surface area contributed by atoms with Gasteiger partial charge in [0.25, 0.3) is 0 Å². The fourth-order valence-electron chi connectivity index (χ4n) is 3.06. The predicted molar refractivity (Wildman–Crippen MR) is 126 cm³/mol. The lowest BCUT2D eigenvalue weighted by Crippen LogP contribution is -2.47. The number of aryl methyl sites for hydroxylation is 2. The quantitative estimate of drug-likeness (QED) is 0.311. The average Bonchev–Trinajstić information content (AvgIpc) is 2.76. The smallest absolute Gasteiger partial charge is 0.232 e. The molecule has 2 heterocycles. The first-order chi connectivity index (χ1) is 15.4. The van der Waals surface area contributed by atoms with Gasteiger partial charge in [0.2, 0.25) is 12.3 Å². The van der Waals surface area contributed by atoms with Crippen molar-refractivity contribution < 1.29 is 22.7 Å². The molecule has 1 aromatic carbocycles. The average molecular weight is 478 g/mol. The molecule has 33 heavy (non-hydrogen) atoms. The highest BCUT2D eigenvalue weighted by Crippen LogP contribution is 2.32. The molecule has 180 valence electrons. The summed E-state index contributed by atoms with van der Waals surface area (Å²) in [7, 11) is -2.06. The molecule has 3 rings (SSSR count). The van der Waals surface area contributed by atoms with E-state index in [0.717, 1.165) is 22.5 Å². The van der Waals surface area contributed by atoms with Gasteiger partial charge in [0.15, 0.2) is 9.84 Å². The Hall–Kier alpha value is -3.05. The minimum absolute atomic E-state index is 0.170. The molecule has 4 N–H and O–H groups in total. The summed E-state index contributed by atoms with van der Waals surface area (Å²) in [4.78, 5) is 18.8. The van der Waals surface area contributed by atoms with Crippen molar-refractivity contribution in [1.82, 2.24) is 9.97 Å². The van der Waals surface area contributed by atoms with Crippen molar-refractivity contribution in [2.24, 2.45) is 5.73 Å². The molecule has 0 saturated heterocycles. The lowest BCUT2D eigenvalue weighted by Gasteiger charge is -2.30. The SMILES string of the molecule is CC(C)(C(=N)N)S(=O)(=O)CC1COCc2ccc(NC=O)cc21.COc1cnc(C)c(C)n1. The number of carbonyl (C=O) groups is 1. The van der Waals surface area contributed by atoms with Gasteiger partial charge < -0.3 is 20.5 Å². The summed E-state index contributed by atoms with van der Waals surface area (Å²) in [6.45, 7) is 7.36. The van der Waals surface area contributed by atoms with Crippen molar-refractivity contribution in [1.29, 1.82) is 5.41 Å². The number of hydrogen-bond acceptors (Lipinski definition) is 8. The number of nitrogens with zero attached hydrogens (tertiary/aromatic N) is 2. The maximum absolute atomic E-state index is 12.6. The van der Waals surface area contributed by atoms with Gasteiger partial charge in [0, 0.05) is 11.6 Å². The molecule has 1 amide bonds. The first-order valence-corrected chi connectivity index (χ1v) is 11.9. The Morgan fingerprint density at radius 3 is 2.64 bits per heavy atom. The monoisotopic (exact) mass is 477 g/mol. The van der Waals surface area contributed by atoms with E-state index in [1.54, 1.807) is 25.4 Å². The summed E-state index contributed by atoms with van der Waals surface area (Å²) in [5.41, 5.74) is 9.65. The summed E-state index contributed by atoms with van der Waals surface area (Å²) in [5, 5.41) is 10.1. The predicted octanol–water partition coefficient (Wildman–Crippen LogP) is 2.10. The molecule has 0 bridgehead atoms. The zero-order valence-electron chi connectivity index (χ0n) is 19.5. The van der Waals surface area contributed by atoms with E-state index in [1.807, 2.05) is 19.9 Å². The van der Waals surface area contributed by atoms with Crippen LogP contribution in [-0.2, 0) is 26.0 Å². The Bertz CT molecular complexity index is 1120. The number of carbonyl (C=O) groups excluding carboxylic acids is 1. The minimum Gasteiger partial charge on any atom is -0.480 e. The highest BCUT2D eigenvalue weighted by Gasteiger charge is 2.40. The van der Waals surface area contributed by atoms with Crippen LogP contribution in [0.5, 0.6) is 5.88 Å². The molecule has 0 radical (unpaired) electrons. The van der Waals surface area contributed by atoms with E-state index in [1.165, 1.54) is 13.8 Å². The number of anilines is 1. The highest BCUT2D eigenvalue weighted by atomic mass is 32.2. The number of nitrogens with one attached hydrogen (secondary N) is 2. The van der Waals surface area contributed by atoms with Crippen molar-refractivity contribution in [3.05, 3.63) is 46.9 Å². The summed E-state index contributed by atoms with van der Waals surface area (Å²) in [5.74, 6) is -0.346. The third-order valence-corrected chi connectivity index (χ3v) is 8.23. The van der Waals surface area contributed by atoms with Crippen molar-refractivity contribution in [2.45, 2.75) is 45.0 Å². The fraction of sp³-hybridized carbons (Fsp3) is 0.455. The van der Waals surface area contributed by atoms with Crippen molar-refractivity contribution in [3.63, 3.8) is 0 Å². The number of amides is 1. The van der Waals surface area contributed by atoms with Crippen molar-refractivity contribution >= 4 is 27.8 Å². The van der Waals surface area contributed by atoms with Gasteiger partial charge in [-0.15, -0.1) is 0 Å². The van der Waals surface area contributed by atoms with Crippen LogP contribution in [-0.4, -0.2) is 54.8 Å². The van der Waals surface area contributed by atoms with Crippen LogP contribution in [0.3, 0.4) is 0 Å². The molecule has 1 aliphatic heterocycles. The molecule has 1 unspecified atom stereocenters. The molecular formula is C22H31N5O5S. The second kappa shape index (κ2) is 10.7. The number of aromatic nitrogens is 2. The summed E-state index contributed by atoms with van der Waals surface area (Å²) in [6, 6.07) is 5.33. The van der Waals surface area contributed by atoms with Crippen LogP contribution in [0.15, 0.2) is 24.4 Å². The van der Waals surface area contributed by atoms with E-state index in [4.69, 9.17) is 20.6 Å². The molecule has 10 nitrogen and oxygen atoms in total. The zero-order chi connectivity index (χ0) is 24.8. The normalized spacial score (nSPS) is 15.5. The lowest BCUT2D eigenvalue weighted by molar-refractivity contribution is -0.105. The third-order valence-electron chi connectivity index (χ3n) is 5.61. The van der Waals surface area contributed by atoms with Crippen LogP contribution < -0.4 is 15.8 Å². The summed E-state index contributed by atoms with van der Waals surface area (Å²) >= 11 is 0. The maximum atomic E-state index is 12.6. The van der Waals surface area contributed by atoms with Crippen LogP contribution in [0.4, 0.5) is 5.69 Å². The Balaban J connectivity index is 0.000000321. The van der Waals surface area contributed by atoms with Crippen LogP contribution in [0.1, 0.15) is 42.3 Å². The number of sulfone groups is 1. The van der Waals surface area contributed by atoms with Crippen LogP contribution in [0.2, 0.25) is 0 Å². The fourth-order valence-corrected chi connectivity index (χ4v) is 4.62. The molecule has 1 atom stereocenters. The lowest BCUT2D eigenvalue weighted by atomic mass is 9.94. The number of methoxy groups -OCH3 is 1. The molecule has 2 aromatic rings. The van der Waals surface area contributed by atoms with Gasteiger partial charge in [-0.3, -0.25) is 15.2 Å². The number of hydrogen-bond donors (Lipinski definition) is 3. The second-order valence-corrected chi connectivity index (χ2v) is 10.8. The van der Waals surface area contributed by atoms with Crippen molar-refractivity contribution in [3.8, 4) is 5.88 Å². The zero-order valence-corrected chi connectivity index (χ0v) is 20.3. The standard InChI is InChI=1S/C15H21N3O4S.C7H10N2O/c1-15(2,14(16)17)23(20,21)8-11-7-22-6-10-3-4-12(18-9-19)5-13(10)11;1-5-6(2)9-7(10-3)4-8-5/h3-5,9,11H,6-8H2,1-2H3,(H3,16,17)(H,18,19);4H,1-3H3. The number of rotatable bonds is 7. The van der Waals surface area contributed by atoms with E-state index in [2.05, 4.69) is 15.3 Å². The van der Waals surface area contributed by atoms with Gasteiger partial charge >= 0.3 is 0 Å². The molecule has 1 aliphatic rings. The van der Waals surface area contributed by atoms with E-state index < -0.39 is 14.6 Å².